The summed E-state index contributed by atoms with van der Waals surface area (Å²) in [7, 11) is -1.61. The average molecular weight is 356 g/mol. The Morgan fingerprint density at radius 2 is 1.88 bits per heavy atom. The highest BCUT2D eigenvalue weighted by molar-refractivity contribution is 7.88. The lowest BCUT2D eigenvalue weighted by Crippen LogP contribution is -2.46. The molecule has 0 saturated carbocycles. The second-order valence-corrected chi connectivity index (χ2v) is 9.52. The second kappa shape index (κ2) is 6.77. The van der Waals surface area contributed by atoms with Crippen molar-refractivity contribution in [2.24, 2.45) is 11.3 Å². The zero-order chi connectivity index (χ0) is 17.4. The van der Waals surface area contributed by atoms with Crippen molar-refractivity contribution in [2.45, 2.75) is 38.1 Å². The van der Waals surface area contributed by atoms with Crippen molar-refractivity contribution in [2.75, 3.05) is 39.6 Å². The maximum Gasteiger partial charge on any atom is 0.226 e. The lowest BCUT2D eigenvalue weighted by atomic mass is 9.76. The minimum Gasteiger partial charge on any atom is -0.383 e. The van der Waals surface area contributed by atoms with Crippen molar-refractivity contribution in [1.82, 2.24) is 9.21 Å². The van der Waals surface area contributed by atoms with Crippen LogP contribution in [0, 0.1) is 11.3 Å². The molecule has 24 heavy (non-hydrogen) atoms. The Bertz CT molecular complexity index is 600. The van der Waals surface area contributed by atoms with Crippen LogP contribution >= 0.6 is 0 Å². The van der Waals surface area contributed by atoms with Crippen LogP contribution in [0.3, 0.4) is 0 Å². The van der Waals surface area contributed by atoms with Gasteiger partial charge in [-0.25, -0.2) is 8.42 Å². The van der Waals surface area contributed by atoms with Crippen LogP contribution in [0.15, 0.2) is 12.2 Å². The van der Waals surface area contributed by atoms with Gasteiger partial charge in [0.15, 0.2) is 0 Å². The topological polar surface area (TPSA) is 66.9 Å². The van der Waals surface area contributed by atoms with Crippen LogP contribution in [0.4, 0.5) is 0 Å². The monoisotopic (exact) mass is 356 g/mol. The predicted molar refractivity (Wildman–Crippen MR) is 91.9 cm³/mol. The fraction of sp³-hybridized carbons (Fsp3) is 0.824. The predicted octanol–water partition coefficient (Wildman–Crippen LogP) is 1.24. The first kappa shape index (κ1) is 17.9. The van der Waals surface area contributed by atoms with E-state index in [2.05, 4.69) is 12.2 Å². The summed E-state index contributed by atoms with van der Waals surface area (Å²) in [6, 6.07) is -0.0775. The smallest absolute Gasteiger partial charge is 0.226 e. The van der Waals surface area contributed by atoms with E-state index < -0.39 is 10.0 Å². The van der Waals surface area contributed by atoms with Crippen LogP contribution in [0.1, 0.15) is 32.1 Å². The van der Waals surface area contributed by atoms with Gasteiger partial charge in [-0.15, -0.1) is 0 Å². The van der Waals surface area contributed by atoms with E-state index in [1.165, 1.54) is 6.26 Å². The molecular formula is C17H28N2O4S. The number of rotatable bonds is 4. The molecule has 3 rings (SSSR count). The van der Waals surface area contributed by atoms with Crippen LogP contribution in [0.5, 0.6) is 0 Å². The molecule has 2 saturated heterocycles. The van der Waals surface area contributed by atoms with Gasteiger partial charge >= 0.3 is 0 Å². The first-order chi connectivity index (χ1) is 11.3. The highest BCUT2D eigenvalue weighted by Gasteiger charge is 2.49. The maximum atomic E-state index is 12.6. The second-order valence-electron chi connectivity index (χ2n) is 7.59. The Balaban J connectivity index is 1.63. The number of methoxy groups -OCH3 is 1. The third-order valence-electron chi connectivity index (χ3n) is 5.85. The molecule has 0 radical (unpaired) electrons. The number of hydrogen-bond acceptors (Lipinski definition) is 4. The third-order valence-corrected chi connectivity index (χ3v) is 7.12. The summed E-state index contributed by atoms with van der Waals surface area (Å²) in [4.78, 5) is 14.5. The van der Waals surface area contributed by atoms with Gasteiger partial charge in [-0.2, -0.15) is 4.31 Å². The van der Waals surface area contributed by atoms with Gasteiger partial charge in [-0.05, 0) is 37.5 Å². The molecule has 0 aromatic heterocycles. The molecule has 0 bridgehead atoms. The number of nitrogens with zero attached hydrogens (tertiary/aromatic N) is 2. The van der Waals surface area contributed by atoms with Crippen LogP contribution in [-0.4, -0.2) is 69.2 Å². The van der Waals surface area contributed by atoms with Crippen LogP contribution < -0.4 is 0 Å². The van der Waals surface area contributed by atoms with Gasteiger partial charge in [0.1, 0.15) is 0 Å². The molecule has 0 N–H and O–H groups in total. The number of amides is 1. The molecule has 0 aromatic carbocycles. The molecule has 1 amide bonds. The van der Waals surface area contributed by atoms with E-state index >= 15 is 0 Å². The summed E-state index contributed by atoms with van der Waals surface area (Å²) in [5.74, 6) is 0.387. The highest BCUT2D eigenvalue weighted by Crippen LogP contribution is 2.44. The quantitative estimate of drug-likeness (QED) is 0.711. The van der Waals surface area contributed by atoms with Crippen molar-refractivity contribution in [1.29, 1.82) is 0 Å². The van der Waals surface area contributed by atoms with Crippen molar-refractivity contribution in [3.05, 3.63) is 12.2 Å². The van der Waals surface area contributed by atoms with E-state index in [-0.39, 0.29) is 23.3 Å². The standard InChI is InChI=1S/C17H28N2O4S/c1-23-12-15-11-17(13-19(15)24(2,21)22)7-9-18(10-8-17)16(20)14-5-3-4-6-14/h3-4,14-15H,5-13H2,1-2H3/t15-/m1/s1. The molecule has 2 heterocycles. The summed E-state index contributed by atoms with van der Waals surface area (Å²) in [6.07, 6.45) is 9.77. The number of hydrogen-bond donors (Lipinski definition) is 0. The summed E-state index contributed by atoms with van der Waals surface area (Å²) in [5.41, 5.74) is -0.00299. The molecule has 7 heteroatoms. The maximum absolute atomic E-state index is 12.6. The molecule has 2 aliphatic heterocycles. The van der Waals surface area contributed by atoms with Crippen molar-refractivity contribution in [3.8, 4) is 0 Å². The number of carbonyl (C=O) groups is 1. The number of carbonyl (C=O) groups excluding carboxylic acids is 1. The number of ether oxygens (including phenoxy) is 1. The van der Waals surface area contributed by atoms with Gasteiger partial charge in [-0.1, -0.05) is 12.2 Å². The highest BCUT2D eigenvalue weighted by atomic mass is 32.2. The normalized spacial score (nSPS) is 28.1. The van der Waals surface area contributed by atoms with Crippen LogP contribution in [-0.2, 0) is 19.6 Å². The molecule has 1 atom stereocenters. The molecule has 3 aliphatic rings. The first-order valence-corrected chi connectivity index (χ1v) is 10.6. The summed E-state index contributed by atoms with van der Waals surface area (Å²) < 4.78 is 31.0. The minimum absolute atomic E-state index is 0.00299. The Hall–Kier alpha value is -0.920. The third kappa shape index (κ3) is 3.53. The van der Waals surface area contributed by atoms with Gasteiger partial charge in [0, 0.05) is 38.7 Å². The SMILES string of the molecule is COC[C@H]1CC2(CCN(C(=O)C3CC=CC3)CC2)CN1S(C)(=O)=O. The van der Waals surface area contributed by atoms with E-state index in [4.69, 9.17) is 4.74 Å². The van der Waals surface area contributed by atoms with Crippen molar-refractivity contribution < 1.29 is 17.9 Å². The molecule has 0 aromatic rings. The van der Waals surface area contributed by atoms with E-state index in [1.807, 2.05) is 4.90 Å². The summed E-state index contributed by atoms with van der Waals surface area (Å²) in [6.45, 7) is 2.48. The Kier molecular flexibility index (Phi) is 5.04. The van der Waals surface area contributed by atoms with Crippen molar-refractivity contribution >= 4 is 15.9 Å². The summed E-state index contributed by atoms with van der Waals surface area (Å²) >= 11 is 0. The molecule has 6 nitrogen and oxygen atoms in total. The fourth-order valence-corrected chi connectivity index (χ4v) is 5.67. The van der Waals surface area contributed by atoms with Gasteiger partial charge in [0.25, 0.3) is 0 Å². The van der Waals surface area contributed by atoms with E-state index in [0.29, 0.717) is 13.2 Å². The van der Waals surface area contributed by atoms with Gasteiger partial charge < -0.3 is 9.64 Å². The Labute approximate surface area is 144 Å². The van der Waals surface area contributed by atoms with Gasteiger partial charge in [0.2, 0.25) is 15.9 Å². The minimum atomic E-state index is -3.23. The molecule has 1 aliphatic carbocycles. The van der Waals surface area contributed by atoms with Gasteiger partial charge in [0.05, 0.1) is 12.9 Å². The summed E-state index contributed by atoms with van der Waals surface area (Å²) in [5, 5.41) is 0. The lowest BCUT2D eigenvalue weighted by Gasteiger charge is -2.40. The fourth-order valence-electron chi connectivity index (χ4n) is 4.49. The molecule has 0 unspecified atom stereocenters. The number of allylic oxidation sites excluding steroid dienone is 2. The number of piperidine rings is 1. The number of likely N-dealkylation sites (tertiary alicyclic amines) is 1. The van der Waals surface area contributed by atoms with E-state index in [0.717, 1.165) is 45.2 Å². The largest absolute Gasteiger partial charge is 0.383 e. The average Bonchev–Trinajstić information content (AvgIpc) is 3.16. The van der Waals surface area contributed by atoms with Crippen LogP contribution in [0.25, 0.3) is 0 Å². The molecule has 1 spiro atoms. The van der Waals surface area contributed by atoms with E-state index in [9.17, 15) is 13.2 Å². The zero-order valence-corrected chi connectivity index (χ0v) is 15.4. The molecule has 2 fully saturated rings. The zero-order valence-electron chi connectivity index (χ0n) is 14.6. The molecule has 136 valence electrons. The Morgan fingerprint density at radius 3 is 2.42 bits per heavy atom. The Morgan fingerprint density at radius 1 is 1.25 bits per heavy atom. The van der Waals surface area contributed by atoms with Crippen LogP contribution in [0.2, 0.25) is 0 Å². The molecular weight excluding hydrogens is 328 g/mol. The number of sulfonamides is 1. The lowest BCUT2D eigenvalue weighted by molar-refractivity contribution is -0.137. The first-order valence-electron chi connectivity index (χ1n) is 8.74. The van der Waals surface area contributed by atoms with Crippen molar-refractivity contribution in [3.63, 3.8) is 0 Å². The van der Waals surface area contributed by atoms with Gasteiger partial charge in [-0.3, -0.25) is 4.79 Å². The van der Waals surface area contributed by atoms with E-state index in [1.54, 1.807) is 11.4 Å².